The molecule has 0 aromatic carbocycles. The zero-order valence-corrected chi connectivity index (χ0v) is 27.3. The number of esters is 1. The van der Waals surface area contributed by atoms with Gasteiger partial charge < -0.3 is 9.64 Å². The highest BCUT2D eigenvalue weighted by molar-refractivity contribution is 5.83. The van der Waals surface area contributed by atoms with Crippen molar-refractivity contribution >= 4 is 11.8 Å². The van der Waals surface area contributed by atoms with E-state index in [1.54, 1.807) is 0 Å². The normalized spacial score (nSPS) is 13.2. The molecule has 0 aliphatic carbocycles. The van der Waals surface area contributed by atoms with Crippen molar-refractivity contribution in [3.8, 4) is 0 Å². The minimum absolute atomic E-state index is 0.0164. The van der Waals surface area contributed by atoms with E-state index in [2.05, 4.69) is 18.7 Å². The minimum atomic E-state index is -0.0164. The van der Waals surface area contributed by atoms with E-state index in [1.807, 2.05) is 0 Å². The molecule has 0 N–H and O–H groups in total. The van der Waals surface area contributed by atoms with E-state index >= 15 is 0 Å². The molecule has 0 bridgehead atoms. The summed E-state index contributed by atoms with van der Waals surface area (Å²) in [5.74, 6) is 1.23. The maximum atomic E-state index is 12.1. The summed E-state index contributed by atoms with van der Waals surface area (Å²) >= 11 is 0. The van der Waals surface area contributed by atoms with Crippen LogP contribution in [0.3, 0.4) is 0 Å². The molecule has 0 aromatic rings. The highest BCUT2D eigenvalue weighted by atomic mass is 16.5. The van der Waals surface area contributed by atoms with E-state index in [0.717, 1.165) is 38.9 Å². The van der Waals surface area contributed by atoms with Gasteiger partial charge in [-0.3, -0.25) is 9.79 Å². The largest absolute Gasteiger partial charge is 0.464 e. The van der Waals surface area contributed by atoms with Crippen molar-refractivity contribution in [2.45, 2.75) is 194 Å². The smallest absolute Gasteiger partial charge is 0.305 e. The van der Waals surface area contributed by atoms with Crippen LogP contribution in [-0.2, 0) is 9.53 Å². The van der Waals surface area contributed by atoms with E-state index in [-0.39, 0.29) is 5.97 Å². The van der Waals surface area contributed by atoms with Gasteiger partial charge in [-0.15, -0.1) is 0 Å². The van der Waals surface area contributed by atoms with Crippen LogP contribution in [0.25, 0.3) is 0 Å². The molecule has 1 heterocycles. The lowest BCUT2D eigenvalue weighted by Gasteiger charge is -2.20. The first-order valence-corrected chi connectivity index (χ1v) is 18.2. The molecule has 1 aliphatic rings. The number of nitrogens with zero attached hydrogens (tertiary/aromatic N) is 2. The summed E-state index contributed by atoms with van der Waals surface area (Å²) in [5.41, 5.74) is 0. The van der Waals surface area contributed by atoms with Crippen LogP contribution in [0.1, 0.15) is 194 Å². The Morgan fingerprint density at radius 3 is 1.45 bits per heavy atom. The van der Waals surface area contributed by atoms with Gasteiger partial charge in [0.05, 0.1) is 18.9 Å². The van der Waals surface area contributed by atoms with Crippen LogP contribution in [0, 0.1) is 0 Å². The molecular formula is C36H70N2O2. The van der Waals surface area contributed by atoms with Gasteiger partial charge in [0.1, 0.15) is 6.61 Å². The van der Waals surface area contributed by atoms with Gasteiger partial charge in [-0.25, -0.2) is 0 Å². The van der Waals surface area contributed by atoms with E-state index in [1.165, 1.54) is 160 Å². The van der Waals surface area contributed by atoms with Crippen LogP contribution in [-0.4, -0.2) is 42.9 Å². The van der Waals surface area contributed by atoms with Crippen molar-refractivity contribution in [3.63, 3.8) is 0 Å². The Hall–Kier alpha value is -1.06. The molecule has 1 rings (SSSR count). The second-order valence-electron chi connectivity index (χ2n) is 12.5. The molecule has 236 valence electrons. The Labute approximate surface area is 250 Å². The number of carbonyl (C=O) groups excluding carboxylic acids is 1. The van der Waals surface area contributed by atoms with E-state index in [0.29, 0.717) is 13.0 Å². The molecule has 40 heavy (non-hydrogen) atoms. The lowest BCUT2D eigenvalue weighted by Crippen LogP contribution is -2.31. The highest BCUT2D eigenvalue weighted by Crippen LogP contribution is 2.16. The Bertz CT molecular complexity index is 577. The summed E-state index contributed by atoms with van der Waals surface area (Å²) in [4.78, 5) is 19.2. The molecule has 0 unspecified atom stereocenters. The van der Waals surface area contributed by atoms with Gasteiger partial charge in [0.25, 0.3) is 0 Å². The van der Waals surface area contributed by atoms with Crippen molar-refractivity contribution < 1.29 is 9.53 Å². The summed E-state index contributed by atoms with van der Waals surface area (Å²) < 4.78 is 5.55. The van der Waals surface area contributed by atoms with Crippen LogP contribution < -0.4 is 0 Å². The number of ether oxygens (including phenoxy) is 1. The minimum Gasteiger partial charge on any atom is -0.464 e. The van der Waals surface area contributed by atoms with Crippen molar-refractivity contribution in [2.75, 3.05) is 26.2 Å². The maximum Gasteiger partial charge on any atom is 0.305 e. The van der Waals surface area contributed by atoms with Gasteiger partial charge in [-0.05, 0) is 12.8 Å². The summed E-state index contributed by atoms with van der Waals surface area (Å²) in [6.07, 6.45) is 37.1. The first-order chi connectivity index (χ1) is 19.8. The number of hydrogen-bond acceptors (Lipinski definition) is 4. The first-order valence-electron chi connectivity index (χ1n) is 18.2. The Morgan fingerprint density at radius 1 is 0.600 bits per heavy atom. The van der Waals surface area contributed by atoms with Crippen LogP contribution in [0.4, 0.5) is 0 Å². The topological polar surface area (TPSA) is 41.9 Å². The number of amidine groups is 1. The summed E-state index contributed by atoms with van der Waals surface area (Å²) in [5, 5.41) is 0. The summed E-state index contributed by atoms with van der Waals surface area (Å²) in [6.45, 7) is 7.78. The number of carbonyl (C=O) groups is 1. The van der Waals surface area contributed by atoms with Gasteiger partial charge in [0.2, 0.25) is 0 Å². The number of aliphatic imine (C=N–C) groups is 1. The summed E-state index contributed by atoms with van der Waals surface area (Å²) in [6, 6.07) is 0. The standard InChI is InChI=1S/C36H70N2O2/c1-3-5-7-9-11-13-15-17-19-21-23-25-27-29-35-37-31-32-38(35)33-34-40-36(39)30-28-26-24-22-20-18-16-14-12-10-8-6-4-2/h3-34H2,1-2H3. The molecular weight excluding hydrogens is 492 g/mol. The third kappa shape index (κ3) is 23.6. The lowest BCUT2D eigenvalue weighted by molar-refractivity contribution is -0.143. The van der Waals surface area contributed by atoms with Gasteiger partial charge in [-0.1, -0.05) is 168 Å². The molecule has 0 saturated heterocycles. The predicted molar refractivity (Wildman–Crippen MR) is 175 cm³/mol. The van der Waals surface area contributed by atoms with Crippen molar-refractivity contribution in [1.82, 2.24) is 4.90 Å². The van der Waals surface area contributed by atoms with E-state index < -0.39 is 0 Å². The third-order valence-electron chi connectivity index (χ3n) is 8.64. The number of rotatable bonds is 31. The quantitative estimate of drug-likeness (QED) is 0.0623. The van der Waals surface area contributed by atoms with Crippen LogP contribution in [0.15, 0.2) is 4.99 Å². The average molecular weight is 563 g/mol. The van der Waals surface area contributed by atoms with Crippen molar-refractivity contribution in [1.29, 1.82) is 0 Å². The Kier molecular flexibility index (Phi) is 27.2. The van der Waals surface area contributed by atoms with E-state index in [4.69, 9.17) is 9.73 Å². The van der Waals surface area contributed by atoms with E-state index in [9.17, 15) is 4.79 Å². The molecule has 0 amide bonds. The zero-order chi connectivity index (χ0) is 28.8. The van der Waals surface area contributed by atoms with Crippen LogP contribution in [0.2, 0.25) is 0 Å². The molecule has 4 nitrogen and oxygen atoms in total. The van der Waals surface area contributed by atoms with Gasteiger partial charge >= 0.3 is 5.97 Å². The molecule has 0 spiro atoms. The van der Waals surface area contributed by atoms with Crippen molar-refractivity contribution in [3.05, 3.63) is 0 Å². The predicted octanol–water partition coefficient (Wildman–Crippen LogP) is 11.2. The third-order valence-corrected chi connectivity index (χ3v) is 8.64. The van der Waals surface area contributed by atoms with Crippen molar-refractivity contribution in [2.24, 2.45) is 4.99 Å². The summed E-state index contributed by atoms with van der Waals surface area (Å²) in [7, 11) is 0. The average Bonchev–Trinajstić information content (AvgIpc) is 3.41. The second-order valence-corrected chi connectivity index (χ2v) is 12.5. The first kappa shape index (κ1) is 37.0. The monoisotopic (exact) mass is 563 g/mol. The molecule has 0 radical (unpaired) electrons. The Balaban J connectivity index is 1.87. The highest BCUT2D eigenvalue weighted by Gasteiger charge is 2.16. The Morgan fingerprint density at radius 2 is 1.00 bits per heavy atom. The van der Waals surface area contributed by atoms with Gasteiger partial charge in [-0.2, -0.15) is 0 Å². The van der Waals surface area contributed by atoms with Gasteiger partial charge in [0.15, 0.2) is 0 Å². The fraction of sp³-hybridized carbons (Fsp3) is 0.944. The van der Waals surface area contributed by atoms with Gasteiger partial charge in [0, 0.05) is 19.4 Å². The maximum absolute atomic E-state index is 12.1. The number of hydrogen-bond donors (Lipinski definition) is 0. The number of unbranched alkanes of at least 4 members (excludes halogenated alkanes) is 24. The molecule has 1 aliphatic heterocycles. The molecule has 0 fully saturated rings. The molecule has 0 aromatic heterocycles. The lowest BCUT2D eigenvalue weighted by atomic mass is 10.0. The fourth-order valence-electron chi connectivity index (χ4n) is 5.94. The zero-order valence-electron chi connectivity index (χ0n) is 27.3. The van der Waals surface area contributed by atoms with Crippen LogP contribution >= 0.6 is 0 Å². The molecule has 4 heteroatoms. The molecule has 0 saturated carbocycles. The molecule has 0 atom stereocenters. The second kappa shape index (κ2) is 29.4. The van der Waals surface area contributed by atoms with Crippen LogP contribution in [0.5, 0.6) is 0 Å². The fourth-order valence-corrected chi connectivity index (χ4v) is 5.94. The SMILES string of the molecule is CCCCCCCCCCCCCCCC(=O)OCCN1CCN=C1CCCCCCCCCCCCCCC.